The van der Waals surface area contributed by atoms with E-state index in [2.05, 4.69) is 34.0 Å². The van der Waals surface area contributed by atoms with Gasteiger partial charge in [-0.15, -0.1) is 11.8 Å². The van der Waals surface area contributed by atoms with E-state index in [-0.39, 0.29) is 24.5 Å². The van der Waals surface area contributed by atoms with E-state index < -0.39 is 0 Å². The van der Waals surface area contributed by atoms with Crippen LogP contribution in [0.4, 0.5) is 5.95 Å². The number of imidazole rings is 1. The van der Waals surface area contributed by atoms with Gasteiger partial charge in [0.05, 0.1) is 12.4 Å². The number of anilines is 1. The van der Waals surface area contributed by atoms with Crippen LogP contribution in [0.3, 0.4) is 0 Å². The maximum absolute atomic E-state index is 9.28. The van der Waals surface area contributed by atoms with E-state index in [9.17, 15) is 5.11 Å². The number of hydrogen-bond donors (Lipinski definition) is 2. The predicted octanol–water partition coefficient (Wildman–Crippen LogP) is 2.41. The van der Waals surface area contributed by atoms with Gasteiger partial charge in [-0.3, -0.25) is 0 Å². The maximum Gasteiger partial charge on any atom is 0.223 e. The minimum absolute atomic E-state index is 0.171. The maximum atomic E-state index is 9.28. The van der Waals surface area contributed by atoms with Crippen molar-refractivity contribution < 1.29 is 5.11 Å². The summed E-state index contributed by atoms with van der Waals surface area (Å²) in [5.41, 5.74) is 7.47. The number of unbranched alkanes of at least 4 members (excludes halogenated alkanes) is 1. The molecule has 0 radical (unpaired) electrons. The number of thioether (sulfide) groups is 1. The van der Waals surface area contributed by atoms with Gasteiger partial charge < -0.3 is 15.4 Å². The first kappa shape index (κ1) is 15.3. The zero-order valence-corrected chi connectivity index (χ0v) is 13.5. The first-order valence-electron chi connectivity index (χ1n) is 7.65. The van der Waals surface area contributed by atoms with Crippen LogP contribution in [0.1, 0.15) is 32.2 Å². The largest absolute Gasteiger partial charge is 0.396 e. The highest BCUT2D eigenvalue weighted by atomic mass is 32.2. The zero-order chi connectivity index (χ0) is 15.5. The monoisotopic (exact) mass is 319 g/mol. The molecule has 3 rings (SSSR count). The number of rotatable bonds is 6. The molecule has 0 saturated carbocycles. The summed E-state index contributed by atoms with van der Waals surface area (Å²) in [4.78, 5) is 13.2. The van der Waals surface area contributed by atoms with Crippen molar-refractivity contribution in [2.75, 3.05) is 18.1 Å². The number of aliphatic hydroxyl groups excluding tert-OH is 1. The van der Waals surface area contributed by atoms with Crippen LogP contribution in [0, 0.1) is 5.92 Å². The van der Waals surface area contributed by atoms with Crippen molar-refractivity contribution in [3.05, 3.63) is 18.5 Å². The van der Waals surface area contributed by atoms with Crippen molar-refractivity contribution in [1.82, 2.24) is 19.5 Å². The van der Waals surface area contributed by atoms with Crippen molar-refractivity contribution in [2.24, 2.45) is 5.92 Å². The first-order valence-corrected chi connectivity index (χ1v) is 8.63. The smallest absolute Gasteiger partial charge is 0.223 e. The summed E-state index contributed by atoms with van der Waals surface area (Å²) >= 11 is 1.68. The topological polar surface area (TPSA) is 89.9 Å². The summed E-state index contributed by atoms with van der Waals surface area (Å²) in [5.74, 6) is 1.50. The molecule has 22 heavy (non-hydrogen) atoms. The summed E-state index contributed by atoms with van der Waals surface area (Å²) < 4.78 is 2.03. The van der Waals surface area contributed by atoms with Crippen LogP contribution in [0.2, 0.25) is 0 Å². The Bertz CT molecular complexity index is 684. The van der Waals surface area contributed by atoms with Gasteiger partial charge in [-0.2, -0.15) is 4.98 Å². The summed E-state index contributed by atoms with van der Waals surface area (Å²) in [6, 6.07) is 0.171. The molecule has 2 aromatic heterocycles. The van der Waals surface area contributed by atoms with Crippen LogP contribution in [0.25, 0.3) is 11.2 Å². The lowest BCUT2D eigenvalue weighted by Crippen LogP contribution is -2.08. The van der Waals surface area contributed by atoms with Gasteiger partial charge >= 0.3 is 0 Å². The Morgan fingerprint density at radius 1 is 1.41 bits per heavy atom. The van der Waals surface area contributed by atoms with E-state index >= 15 is 0 Å². The number of aromatic nitrogens is 4. The van der Waals surface area contributed by atoms with Crippen molar-refractivity contribution >= 4 is 28.9 Å². The van der Waals surface area contributed by atoms with Gasteiger partial charge in [-0.05, 0) is 18.6 Å². The minimum Gasteiger partial charge on any atom is -0.396 e. The van der Waals surface area contributed by atoms with Crippen molar-refractivity contribution in [2.45, 2.75) is 37.3 Å². The van der Waals surface area contributed by atoms with Gasteiger partial charge in [0.15, 0.2) is 5.65 Å². The van der Waals surface area contributed by atoms with Gasteiger partial charge in [-0.1, -0.05) is 25.5 Å². The second kappa shape index (κ2) is 6.66. The normalized spacial score (nSPS) is 21.0. The molecule has 0 saturated heterocycles. The van der Waals surface area contributed by atoms with Crippen molar-refractivity contribution in [1.29, 1.82) is 0 Å². The minimum atomic E-state index is 0.171. The van der Waals surface area contributed by atoms with Crippen LogP contribution in [-0.4, -0.2) is 37.0 Å². The number of allylic oxidation sites excluding steroid dienone is 1. The molecule has 0 amide bonds. The Labute approximate surface area is 133 Å². The molecule has 3 N–H and O–H groups in total. The van der Waals surface area contributed by atoms with E-state index in [1.54, 1.807) is 18.1 Å². The molecule has 0 spiro atoms. The molecule has 0 aromatic carbocycles. The van der Waals surface area contributed by atoms with Gasteiger partial charge in [0.1, 0.15) is 10.5 Å². The third-order valence-electron chi connectivity index (χ3n) is 3.88. The van der Waals surface area contributed by atoms with Crippen LogP contribution in [-0.2, 0) is 0 Å². The standard InChI is InChI=1S/C15H21N5OS/c1-2-3-6-22-14-12-13(18-15(16)19-14)20(9-17-12)11-5-4-10(7-11)8-21/h4-5,9-11,21H,2-3,6-8H2,1H3,(H2,16,18,19)/t10-,11+/m0/s1. The molecule has 0 aliphatic heterocycles. The number of nitrogens with zero attached hydrogens (tertiary/aromatic N) is 4. The Hall–Kier alpha value is -1.60. The molecule has 1 aliphatic carbocycles. The molecule has 7 heteroatoms. The van der Waals surface area contributed by atoms with E-state index in [0.29, 0.717) is 0 Å². The summed E-state index contributed by atoms with van der Waals surface area (Å²) in [7, 11) is 0. The Morgan fingerprint density at radius 2 is 2.27 bits per heavy atom. The van der Waals surface area contributed by atoms with Crippen LogP contribution < -0.4 is 5.73 Å². The Balaban J connectivity index is 1.92. The molecule has 118 valence electrons. The second-order valence-electron chi connectivity index (χ2n) is 5.54. The van der Waals surface area contributed by atoms with Crippen LogP contribution in [0.5, 0.6) is 0 Å². The molecule has 0 fully saturated rings. The summed E-state index contributed by atoms with van der Waals surface area (Å²) in [6.07, 6.45) is 9.12. The quantitative estimate of drug-likeness (QED) is 0.368. The highest BCUT2D eigenvalue weighted by Gasteiger charge is 2.23. The third-order valence-corrected chi connectivity index (χ3v) is 4.94. The van der Waals surface area contributed by atoms with Crippen molar-refractivity contribution in [3.63, 3.8) is 0 Å². The second-order valence-corrected chi connectivity index (χ2v) is 6.63. The predicted molar refractivity (Wildman–Crippen MR) is 88.7 cm³/mol. The molecular weight excluding hydrogens is 298 g/mol. The lowest BCUT2D eigenvalue weighted by atomic mass is 10.1. The summed E-state index contributed by atoms with van der Waals surface area (Å²) in [5, 5.41) is 10.1. The number of hydrogen-bond acceptors (Lipinski definition) is 6. The molecule has 2 heterocycles. The molecule has 0 unspecified atom stereocenters. The van der Waals surface area contributed by atoms with E-state index in [0.717, 1.165) is 41.2 Å². The average molecular weight is 319 g/mol. The van der Waals surface area contributed by atoms with E-state index in [1.165, 1.54) is 0 Å². The first-order chi connectivity index (χ1) is 10.7. The Kier molecular flexibility index (Phi) is 4.63. The number of aliphatic hydroxyl groups is 1. The van der Waals surface area contributed by atoms with Crippen LogP contribution in [0.15, 0.2) is 23.5 Å². The molecular formula is C15H21N5OS. The molecule has 2 aromatic rings. The molecule has 0 bridgehead atoms. The number of nitrogen functional groups attached to an aromatic ring is 1. The van der Waals surface area contributed by atoms with E-state index in [1.807, 2.05) is 4.57 Å². The average Bonchev–Trinajstić information content (AvgIpc) is 3.13. The van der Waals surface area contributed by atoms with Gasteiger partial charge in [-0.25, -0.2) is 9.97 Å². The Morgan fingerprint density at radius 3 is 3.00 bits per heavy atom. The fourth-order valence-electron chi connectivity index (χ4n) is 2.66. The van der Waals surface area contributed by atoms with Gasteiger partial charge in [0, 0.05) is 12.5 Å². The SMILES string of the molecule is CCCCSc1nc(N)nc2c1ncn2[C@@H]1C=C[C@H](CO)C1. The van der Waals surface area contributed by atoms with Gasteiger partial charge in [0.25, 0.3) is 0 Å². The fourth-order valence-corrected chi connectivity index (χ4v) is 3.72. The van der Waals surface area contributed by atoms with E-state index in [4.69, 9.17) is 5.73 Å². The van der Waals surface area contributed by atoms with Gasteiger partial charge in [0.2, 0.25) is 5.95 Å². The number of fused-ring (bicyclic) bond motifs is 1. The highest BCUT2D eigenvalue weighted by Crippen LogP contribution is 2.32. The molecule has 2 atom stereocenters. The zero-order valence-electron chi connectivity index (χ0n) is 12.6. The molecule has 6 nitrogen and oxygen atoms in total. The highest BCUT2D eigenvalue weighted by molar-refractivity contribution is 7.99. The van der Waals surface area contributed by atoms with Crippen molar-refractivity contribution in [3.8, 4) is 0 Å². The molecule has 1 aliphatic rings. The lowest BCUT2D eigenvalue weighted by Gasteiger charge is -2.12. The lowest BCUT2D eigenvalue weighted by molar-refractivity contribution is 0.244. The summed E-state index contributed by atoms with van der Waals surface area (Å²) in [6.45, 7) is 2.35. The van der Waals surface area contributed by atoms with Crippen LogP contribution >= 0.6 is 11.8 Å². The third kappa shape index (κ3) is 2.96. The number of nitrogens with two attached hydrogens (primary N) is 1. The fraction of sp³-hybridized carbons (Fsp3) is 0.533.